The molecule has 0 bridgehead atoms. The van der Waals surface area contributed by atoms with Gasteiger partial charge in [-0.05, 0) is 55.6 Å². The first kappa shape index (κ1) is 11.7. The van der Waals surface area contributed by atoms with Crippen molar-refractivity contribution in [2.45, 2.75) is 32.2 Å². The Bertz CT molecular complexity index is 244. The number of hydrogen-bond donors (Lipinski definition) is 2. The van der Waals surface area contributed by atoms with Gasteiger partial charge in [0.15, 0.2) is 0 Å². The van der Waals surface area contributed by atoms with Crippen LogP contribution in [0.2, 0.25) is 0 Å². The summed E-state index contributed by atoms with van der Waals surface area (Å²) in [7, 11) is 0. The Hall–Kier alpha value is -0.380. The molecule has 80 valence electrons. The SMILES string of the molecule is CC(C)(CCO)NCCc1ccsc1. The van der Waals surface area contributed by atoms with Gasteiger partial charge in [-0.25, -0.2) is 0 Å². The minimum absolute atomic E-state index is 0.0464. The van der Waals surface area contributed by atoms with Crippen LogP contribution in [0.3, 0.4) is 0 Å². The normalized spacial score (nSPS) is 11.9. The van der Waals surface area contributed by atoms with Gasteiger partial charge in [-0.15, -0.1) is 0 Å². The lowest BCUT2D eigenvalue weighted by Crippen LogP contribution is -2.41. The van der Waals surface area contributed by atoms with Crippen LogP contribution < -0.4 is 5.32 Å². The predicted molar refractivity (Wildman–Crippen MR) is 61.8 cm³/mol. The lowest BCUT2D eigenvalue weighted by Gasteiger charge is -2.25. The molecule has 14 heavy (non-hydrogen) atoms. The molecule has 0 spiro atoms. The highest BCUT2D eigenvalue weighted by atomic mass is 32.1. The van der Waals surface area contributed by atoms with E-state index in [2.05, 4.69) is 36.0 Å². The number of aliphatic hydroxyl groups is 1. The van der Waals surface area contributed by atoms with Crippen molar-refractivity contribution in [2.24, 2.45) is 0 Å². The van der Waals surface area contributed by atoms with Crippen LogP contribution in [0.4, 0.5) is 0 Å². The molecule has 1 aromatic rings. The van der Waals surface area contributed by atoms with E-state index in [9.17, 15) is 0 Å². The van der Waals surface area contributed by atoms with Crippen molar-refractivity contribution in [3.8, 4) is 0 Å². The third-order valence-corrected chi connectivity index (χ3v) is 3.07. The molecule has 0 aliphatic carbocycles. The molecule has 3 heteroatoms. The molecule has 0 unspecified atom stereocenters. The average Bonchev–Trinajstić information content (AvgIpc) is 2.56. The summed E-state index contributed by atoms with van der Waals surface area (Å²) in [6.45, 7) is 5.47. The van der Waals surface area contributed by atoms with Crippen molar-refractivity contribution < 1.29 is 5.11 Å². The molecule has 0 aliphatic rings. The molecular weight excluding hydrogens is 194 g/mol. The smallest absolute Gasteiger partial charge is 0.0448 e. The van der Waals surface area contributed by atoms with Gasteiger partial charge in [-0.3, -0.25) is 0 Å². The van der Waals surface area contributed by atoms with E-state index < -0.39 is 0 Å². The molecule has 1 heterocycles. The van der Waals surface area contributed by atoms with Crippen LogP contribution in [0.1, 0.15) is 25.8 Å². The van der Waals surface area contributed by atoms with Crippen molar-refractivity contribution >= 4 is 11.3 Å². The van der Waals surface area contributed by atoms with Gasteiger partial charge in [0, 0.05) is 12.1 Å². The van der Waals surface area contributed by atoms with Gasteiger partial charge >= 0.3 is 0 Å². The van der Waals surface area contributed by atoms with Crippen LogP contribution in [-0.2, 0) is 6.42 Å². The van der Waals surface area contributed by atoms with E-state index in [1.807, 2.05) is 0 Å². The minimum atomic E-state index is 0.0464. The summed E-state index contributed by atoms with van der Waals surface area (Å²) in [6, 6.07) is 2.16. The Kier molecular flexibility index (Phi) is 4.58. The summed E-state index contributed by atoms with van der Waals surface area (Å²) < 4.78 is 0. The highest BCUT2D eigenvalue weighted by Crippen LogP contribution is 2.09. The third-order valence-electron chi connectivity index (χ3n) is 2.33. The minimum Gasteiger partial charge on any atom is -0.396 e. The number of hydrogen-bond acceptors (Lipinski definition) is 3. The van der Waals surface area contributed by atoms with E-state index in [4.69, 9.17) is 5.11 Å². The Morgan fingerprint density at radius 1 is 1.50 bits per heavy atom. The van der Waals surface area contributed by atoms with Crippen LogP contribution >= 0.6 is 11.3 Å². The Labute approximate surface area is 90.0 Å². The number of aliphatic hydroxyl groups excluding tert-OH is 1. The first-order valence-corrected chi connectivity index (χ1v) is 5.95. The fraction of sp³-hybridized carbons (Fsp3) is 0.636. The number of rotatable bonds is 6. The van der Waals surface area contributed by atoms with Crippen molar-refractivity contribution in [2.75, 3.05) is 13.2 Å². The Morgan fingerprint density at radius 3 is 2.86 bits per heavy atom. The Morgan fingerprint density at radius 2 is 2.29 bits per heavy atom. The van der Waals surface area contributed by atoms with E-state index in [1.54, 1.807) is 11.3 Å². The van der Waals surface area contributed by atoms with Crippen molar-refractivity contribution in [3.63, 3.8) is 0 Å². The molecule has 2 N–H and O–H groups in total. The monoisotopic (exact) mass is 213 g/mol. The van der Waals surface area contributed by atoms with E-state index in [0.29, 0.717) is 0 Å². The molecule has 0 aliphatic heterocycles. The zero-order valence-corrected chi connectivity index (χ0v) is 9.73. The van der Waals surface area contributed by atoms with E-state index in [-0.39, 0.29) is 12.1 Å². The lowest BCUT2D eigenvalue weighted by molar-refractivity contribution is 0.231. The summed E-state index contributed by atoms with van der Waals surface area (Å²) in [6.07, 6.45) is 1.87. The van der Waals surface area contributed by atoms with Gasteiger partial charge in [0.2, 0.25) is 0 Å². The molecular formula is C11H19NOS. The second-order valence-corrected chi connectivity index (χ2v) is 4.95. The quantitative estimate of drug-likeness (QED) is 0.758. The van der Waals surface area contributed by atoms with Crippen LogP contribution in [-0.4, -0.2) is 23.8 Å². The molecule has 1 rings (SSSR count). The summed E-state index contributed by atoms with van der Waals surface area (Å²) >= 11 is 1.74. The van der Waals surface area contributed by atoms with Crippen molar-refractivity contribution in [1.82, 2.24) is 5.32 Å². The maximum Gasteiger partial charge on any atom is 0.0448 e. The van der Waals surface area contributed by atoms with Crippen LogP contribution in [0, 0.1) is 0 Å². The molecule has 1 aromatic heterocycles. The number of thiophene rings is 1. The van der Waals surface area contributed by atoms with Gasteiger partial charge < -0.3 is 10.4 Å². The molecule has 0 aromatic carbocycles. The topological polar surface area (TPSA) is 32.3 Å². The zero-order valence-electron chi connectivity index (χ0n) is 8.92. The van der Waals surface area contributed by atoms with E-state index >= 15 is 0 Å². The summed E-state index contributed by atoms with van der Waals surface area (Å²) in [4.78, 5) is 0. The van der Waals surface area contributed by atoms with Crippen LogP contribution in [0.15, 0.2) is 16.8 Å². The number of nitrogens with one attached hydrogen (secondary N) is 1. The van der Waals surface area contributed by atoms with Crippen molar-refractivity contribution in [3.05, 3.63) is 22.4 Å². The van der Waals surface area contributed by atoms with Gasteiger partial charge in [0.25, 0.3) is 0 Å². The zero-order chi connectivity index (χ0) is 10.4. The summed E-state index contributed by atoms with van der Waals surface area (Å²) in [5.74, 6) is 0. The standard InChI is InChI=1S/C11H19NOS/c1-11(2,5-7-13)12-6-3-10-4-8-14-9-10/h4,8-9,12-13H,3,5-7H2,1-2H3. The second kappa shape index (κ2) is 5.49. The van der Waals surface area contributed by atoms with Crippen LogP contribution in [0.25, 0.3) is 0 Å². The van der Waals surface area contributed by atoms with Gasteiger partial charge in [-0.2, -0.15) is 11.3 Å². The van der Waals surface area contributed by atoms with Gasteiger partial charge in [0.05, 0.1) is 0 Å². The molecule has 0 amide bonds. The molecule has 0 saturated carbocycles. The first-order chi connectivity index (χ1) is 6.64. The third kappa shape index (κ3) is 4.22. The average molecular weight is 213 g/mol. The molecule has 2 nitrogen and oxygen atoms in total. The molecule has 0 fully saturated rings. The highest BCUT2D eigenvalue weighted by molar-refractivity contribution is 7.07. The molecule has 0 atom stereocenters. The maximum absolute atomic E-state index is 8.85. The van der Waals surface area contributed by atoms with Gasteiger partial charge in [-0.1, -0.05) is 0 Å². The summed E-state index contributed by atoms with van der Waals surface area (Å²) in [5, 5.41) is 16.6. The maximum atomic E-state index is 8.85. The fourth-order valence-corrected chi connectivity index (χ4v) is 2.05. The fourth-order valence-electron chi connectivity index (χ4n) is 1.35. The van der Waals surface area contributed by atoms with Crippen LogP contribution in [0.5, 0.6) is 0 Å². The largest absolute Gasteiger partial charge is 0.396 e. The Balaban J connectivity index is 2.20. The highest BCUT2D eigenvalue weighted by Gasteiger charge is 2.14. The summed E-state index contributed by atoms with van der Waals surface area (Å²) in [5.41, 5.74) is 1.44. The van der Waals surface area contributed by atoms with E-state index in [1.165, 1.54) is 5.56 Å². The van der Waals surface area contributed by atoms with Gasteiger partial charge in [0.1, 0.15) is 0 Å². The predicted octanol–water partition coefficient (Wildman–Crippen LogP) is 2.04. The second-order valence-electron chi connectivity index (χ2n) is 4.17. The first-order valence-electron chi connectivity index (χ1n) is 5.01. The van der Waals surface area contributed by atoms with Crippen molar-refractivity contribution in [1.29, 1.82) is 0 Å². The lowest BCUT2D eigenvalue weighted by atomic mass is 10.0. The molecule has 0 saturated heterocycles. The molecule has 0 radical (unpaired) electrons. The van der Waals surface area contributed by atoms with E-state index in [0.717, 1.165) is 19.4 Å².